The zero-order valence-corrected chi connectivity index (χ0v) is 11.1. The van der Waals surface area contributed by atoms with Crippen LogP contribution in [0.1, 0.15) is 32.0 Å². The second-order valence-electron chi connectivity index (χ2n) is 5.51. The van der Waals surface area contributed by atoms with Crippen LogP contribution in [0, 0.1) is 11.6 Å². The quantitative estimate of drug-likeness (QED) is 0.908. The Balaban J connectivity index is 2.39. The minimum absolute atomic E-state index is 0.228. The van der Waals surface area contributed by atoms with Crippen LogP contribution in [0.15, 0.2) is 18.2 Å². The molecule has 0 saturated heterocycles. The van der Waals surface area contributed by atoms with Gasteiger partial charge in [-0.2, -0.15) is 0 Å². The lowest BCUT2D eigenvalue weighted by Crippen LogP contribution is -2.20. The van der Waals surface area contributed by atoms with E-state index in [1.165, 1.54) is 12.1 Å². The number of benzene rings is 1. The van der Waals surface area contributed by atoms with Gasteiger partial charge in [-0.25, -0.2) is 13.5 Å². The van der Waals surface area contributed by atoms with Crippen LogP contribution >= 0.6 is 0 Å². The van der Waals surface area contributed by atoms with E-state index in [1.54, 1.807) is 4.68 Å². The highest BCUT2D eigenvalue weighted by Crippen LogP contribution is 2.26. The van der Waals surface area contributed by atoms with E-state index in [0.29, 0.717) is 11.4 Å². The van der Waals surface area contributed by atoms with Crippen molar-refractivity contribution in [3.05, 3.63) is 41.1 Å². The van der Waals surface area contributed by atoms with E-state index in [0.717, 1.165) is 11.8 Å². The first kappa shape index (κ1) is 13.5. The number of nitrogens with two attached hydrogens (primary N) is 1. The summed E-state index contributed by atoms with van der Waals surface area (Å²) in [5.41, 5.74) is 6.77. The van der Waals surface area contributed by atoms with Crippen LogP contribution in [0.3, 0.4) is 0 Å². The monoisotopic (exact) mass is 266 g/mol. The molecular weight excluding hydrogens is 250 g/mol. The fourth-order valence-corrected chi connectivity index (χ4v) is 2.08. The van der Waals surface area contributed by atoms with E-state index in [9.17, 15) is 8.78 Å². The lowest BCUT2D eigenvalue weighted by Gasteiger charge is -2.20. The van der Waals surface area contributed by atoms with Gasteiger partial charge in [0, 0.05) is 11.5 Å². The molecule has 2 rings (SSSR count). The van der Waals surface area contributed by atoms with Crippen molar-refractivity contribution < 1.29 is 8.78 Å². The number of halogens is 2. The molecule has 4 nitrogen and oxygen atoms in total. The Morgan fingerprint density at radius 1 is 1.16 bits per heavy atom. The van der Waals surface area contributed by atoms with Gasteiger partial charge in [-0.1, -0.05) is 26.0 Å². The van der Waals surface area contributed by atoms with Crippen molar-refractivity contribution in [1.82, 2.24) is 15.0 Å². The third kappa shape index (κ3) is 2.89. The predicted molar refractivity (Wildman–Crippen MR) is 68.6 cm³/mol. The molecule has 6 heteroatoms. The molecule has 0 aliphatic rings. The van der Waals surface area contributed by atoms with Crippen molar-refractivity contribution in [3.63, 3.8) is 0 Å². The number of anilines is 1. The highest BCUT2D eigenvalue weighted by atomic mass is 19.1. The number of nitrogens with zero attached hydrogens (tertiary/aromatic N) is 3. The normalized spacial score (nSPS) is 11.8. The zero-order valence-electron chi connectivity index (χ0n) is 11.1. The molecule has 1 aromatic carbocycles. The molecule has 19 heavy (non-hydrogen) atoms. The number of rotatable bonds is 2. The van der Waals surface area contributed by atoms with E-state index in [1.807, 2.05) is 20.8 Å². The highest BCUT2D eigenvalue weighted by Gasteiger charge is 2.24. The minimum atomic E-state index is -0.611. The molecule has 1 heterocycles. The molecule has 2 N–H and O–H groups in total. The van der Waals surface area contributed by atoms with Crippen molar-refractivity contribution in [2.24, 2.45) is 0 Å². The second kappa shape index (κ2) is 4.60. The lowest BCUT2D eigenvalue weighted by molar-refractivity contribution is 0.500. The Labute approximate surface area is 110 Å². The zero-order chi connectivity index (χ0) is 14.2. The van der Waals surface area contributed by atoms with E-state index >= 15 is 0 Å². The van der Waals surface area contributed by atoms with E-state index < -0.39 is 11.6 Å². The summed E-state index contributed by atoms with van der Waals surface area (Å²) in [6, 6.07) is 3.38. The predicted octanol–water partition coefficient (Wildman–Crippen LogP) is 2.48. The van der Waals surface area contributed by atoms with Crippen molar-refractivity contribution >= 4 is 5.82 Å². The van der Waals surface area contributed by atoms with Gasteiger partial charge in [0.2, 0.25) is 0 Å². The Kier molecular flexibility index (Phi) is 3.26. The average Bonchev–Trinajstić information content (AvgIpc) is 2.57. The molecule has 2 aromatic rings. The van der Waals surface area contributed by atoms with Gasteiger partial charge in [0.05, 0.1) is 12.2 Å². The molecule has 0 atom stereocenters. The van der Waals surface area contributed by atoms with E-state index in [2.05, 4.69) is 10.3 Å². The molecule has 0 unspecified atom stereocenters. The SMILES string of the molecule is CC(C)(C)c1c(N)nnn1Cc1cc(F)cc(F)c1. The van der Waals surface area contributed by atoms with Crippen LogP contribution in [0.25, 0.3) is 0 Å². The standard InChI is InChI=1S/C13H16F2N4/c1-13(2,3)11-12(16)17-18-19(11)7-8-4-9(14)6-10(15)5-8/h4-6H,7,16H2,1-3H3. The largest absolute Gasteiger partial charge is 0.381 e. The minimum Gasteiger partial charge on any atom is -0.381 e. The first-order valence-corrected chi connectivity index (χ1v) is 5.92. The van der Waals surface area contributed by atoms with Gasteiger partial charge in [-0.15, -0.1) is 5.10 Å². The molecule has 0 radical (unpaired) electrons. The Morgan fingerprint density at radius 2 is 1.74 bits per heavy atom. The molecule has 1 aromatic heterocycles. The van der Waals surface area contributed by atoms with Gasteiger partial charge >= 0.3 is 0 Å². The first-order valence-electron chi connectivity index (χ1n) is 5.92. The van der Waals surface area contributed by atoms with Crippen LogP contribution in [0.2, 0.25) is 0 Å². The molecule has 0 aliphatic heterocycles. The Morgan fingerprint density at radius 3 is 2.26 bits per heavy atom. The maximum Gasteiger partial charge on any atom is 0.169 e. The Bertz CT molecular complexity index is 579. The maximum atomic E-state index is 13.2. The molecule has 0 fully saturated rings. The van der Waals surface area contributed by atoms with Crippen molar-refractivity contribution in [2.75, 3.05) is 5.73 Å². The molecule has 0 spiro atoms. The summed E-state index contributed by atoms with van der Waals surface area (Å²) < 4.78 is 27.9. The smallest absolute Gasteiger partial charge is 0.169 e. The Hall–Kier alpha value is -1.98. The van der Waals surface area contributed by atoms with Gasteiger partial charge in [0.25, 0.3) is 0 Å². The number of hydrogen-bond acceptors (Lipinski definition) is 3. The molecule has 0 saturated carbocycles. The molecule has 0 aliphatic carbocycles. The van der Waals surface area contributed by atoms with Crippen molar-refractivity contribution in [1.29, 1.82) is 0 Å². The molecule has 0 bridgehead atoms. The van der Waals surface area contributed by atoms with E-state index in [-0.39, 0.29) is 12.0 Å². The van der Waals surface area contributed by atoms with Crippen LogP contribution < -0.4 is 5.73 Å². The summed E-state index contributed by atoms with van der Waals surface area (Å²) in [4.78, 5) is 0. The number of aromatic nitrogens is 3. The van der Waals surface area contributed by atoms with Crippen LogP contribution in [0.4, 0.5) is 14.6 Å². The van der Waals surface area contributed by atoms with Gasteiger partial charge in [-0.3, -0.25) is 0 Å². The van der Waals surface area contributed by atoms with Crippen LogP contribution in [0.5, 0.6) is 0 Å². The highest BCUT2D eigenvalue weighted by molar-refractivity contribution is 5.38. The van der Waals surface area contributed by atoms with Gasteiger partial charge in [0.15, 0.2) is 5.82 Å². The third-order valence-electron chi connectivity index (χ3n) is 2.73. The van der Waals surface area contributed by atoms with Crippen molar-refractivity contribution in [3.8, 4) is 0 Å². The summed E-state index contributed by atoms with van der Waals surface area (Å²) in [6.07, 6.45) is 0. The van der Waals surface area contributed by atoms with E-state index in [4.69, 9.17) is 5.73 Å². The molecular formula is C13H16F2N4. The summed E-state index contributed by atoms with van der Waals surface area (Å²) in [5.74, 6) is -0.884. The number of hydrogen-bond donors (Lipinski definition) is 1. The summed E-state index contributed by atoms with van der Waals surface area (Å²) in [6.45, 7) is 6.16. The first-order chi connectivity index (χ1) is 8.77. The van der Waals surface area contributed by atoms with Gasteiger partial charge in [-0.05, 0) is 17.7 Å². The topological polar surface area (TPSA) is 56.7 Å². The maximum absolute atomic E-state index is 13.2. The fourth-order valence-electron chi connectivity index (χ4n) is 2.08. The lowest BCUT2D eigenvalue weighted by atomic mass is 9.92. The van der Waals surface area contributed by atoms with Gasteiger partial charge < -0.3 is 5.73 Å². The summed E-state index contributed by atoms with van der Waals surface area (Å²) in [7, 11) is 0. The fraction of sp³-hybridized carbons (Fsp3) is 0.385. The number of nitrogen functional groups attached to an aromatic ring is 1. The van der Waals surface area contributed by atoms with Crippen molar-refractivity contribution in [2.45, 2.75) is 32.7 Å². The van der Waals surface area contributed by atoms with Gasteiger partial charge in [0.1, 0.15) is 11.6 Å². The van der Waals surface area contributed by atoms with Crippen LogP contribution in [-0.2, 0) is 12.0 Å². The summed E-state index contributed by atoms with van der Waals surface area (Å²) >= 11 is 0. The summed E-state index contributed by atoms with van der Waals surface area (Å²) in [5, 5.41) is 7.76. The second-order valence-corrected chi connectivity index (χ2v) is 5.51. The van der Waals surface area contributed by atoms with Crippen LogP contribution in [-0.4, -0.2) is 15.0 Å². The molecule has 0 amide bonds. The molecule has 102 valence electrons. The third-order valence-corrected chi connectivity index (χ3v) is 2.73. The average molecular weight is 266 g/mol.